The summed E-state index contributed by atoms with van der Waals surface area (Å²) in [7, 11) is 0. The summed E-state index contributed by atoms with van der Waals surface area (Å²) in [6, 6.07) is 4.09. The maximum Gasteiger partial charge on any atom is 0.0726 e. The van der Waals surface area contributed by atoms with Gasteiger partial charge in [-0.05, 0) is 26.0 Å². The Morgan fingerprint density at radius 2 is 1.79 bits per heavy atom. The monoisotopic (exact) mass is 192 g/mol. The van der Waals surface area contributed by atoms with Crippen LogP contribution < -0.4 is 4.90 Å². The normalized spacial score (nSPS) is 27.7. The molecule has 76 valence electrons. The first kappa shape index (κ1) is 9.46. The Bertz CT molecular complexity index is 279. The van der Waals surface area contributed by atoms with E-state index in [1.807, 2.05) is 24.5 Å². The van der Waals surface area contributed by atoms with Crippen molar-refractivity contribution >= 4 is 5.69 Å². The molecule has 1 aromatic heterocycles. The van der Waals surface area contributed by atoms with E-state index in [9.17, 15) is 0 Å². The van der Waals surface area contributed by atoms with Gasteiger partial charge in [0.2, 0.25) is 0 Å². The Labute approximate surface area is 84.7 Å². The van der Waals surface area contributed by atoms with Crippen LogP contribution in [0.1, 0.15) is 13.8 Å². The maximum absolute atomic E-state index is 5.68. The molecule has 1 aliphatic rings. The van der Waals surface area contributed by atoms with Crippen LogP contribution in [-0.4, -0.2) is 30.3 Å². The lowest BCUT2D eigenvalue weighted by molar-refractivity contribution is -0.00522. The molecule has 0 saturated carbocycles. The minimum absolute atomic E-state index is 0.312. The number of aromatic nitrogens is 1. The number of rotatable bonds is 1. The van der Waals surface area contributed by atoms with Crippen molar-refractivity contribution in [2.24, 2.45) is 0 Å². The number of hydrogen-bond acceptors (Lipinski definition) is 3. The van der Waals surface area contributed by atoms with E-state index in [4.69, 9.17) is 4.74 Å². The quantitative estimate of drug-likeness (QED) is 0.677. The second-order valence-electron chi connectivity index (χ2n) is 3.87. The van der Waals surface area contributed by atoms with Crippen molar-refractivity contribution in [1.82, 2.24) is 4.98 Å². The standard InChI is InChI=1S/C11H16N2O/c1-9-7-13(8-10(2)14-9)11-3-5-12-6-4-11/h3-6,9-10H,7-8H2,1-2H3/t9-,10-/m0/s1. The molecule has 14 heavy (non-hydrogen) atoms. The number of morpholine rings is 1. The Balaban J connectivity index is 2.11. The van der Waals surface area contributed by atoms with Gasteiger partial charge in [0.1, 0.15) is 0 Å². The maximum atomic E-state index is 5.68. The summed E-state index contributed by atoms with van der Waals surface area (Å²) >= 11 is 0. The lowest BCUT2D eigenvalue weighted by Crippen LogP contribution is -2.45. The van der Waals surface area contributed by atoms with Crippen LogP contribution in [0.25, 0.3) is 0 Å². The first-order valence-electron chi connectivity index (χ1n) is 5.06. The molecule has 1 aromatic rings. The van der Waals surface area contributed by atoms with Crippen molar-refractivity contribution in [3.05, 3.63) is 24.5 Å². The molecular formula is C11H16N2O. The Morgan fingerprint density at radius 3 is 2.36 bits per heavy atom. The number of hydrogen-bond donors (Lipinski definition) is 0. The zero-order chi connectivity index (χ0) is 9.97. The lowest BCUT2D eigenvalue weighted by atomic mass is 10.2. The van der Waals surface area contributed by atoms with E-state index in [0.29, 0.717) is 12.2 Å². The molecule has 3 nitrogen and oxygen atoms in total. The minimum Gasteiger partial charge on any atom is -0.372 e. The van der Waals surface area contributed by atoms with Gasteiger partial charge in [-0.2, -0.15) is 0 Å². The first-order chi connectivity index (χ1) is 6.75. The van der Waals surface area contributed by atoms with Crippen LogP contribution in [0.15, 0.2) is 24.5 Å². The summed E-state index contributed by atoms with van der Waals surface area (Å²) in [5.74, 6) is 0. The van der Waals surface area contributed by atoms with E-state index < -0.39 is 0 Å². The predicted molar refractivity (Wildman–Crippen MR) is 56.5 cm³/mol. The Kier molecular flexibility index (Phi) is 2.68. The topological polar surface area (TPSA) is 25.4 Å². The molecule has 1 aliphatic heterocycles. The van der Waals surface area contributed by atoms with E-state index >= 15 is 0 Å². The fraction of sp³-hybridized carbons (Fsp3) is 0.545. The van der Waals surface area contributed by atoms with Gasteiger partial charge in [-0.3, -0.25) is 4.98 Å². The van der Waals surface area contributed by atoms with Gasteiger partial charge in [-0.15, -0.1) is 0 Å². The van der Waals surface area contributed by atoms with Crippen molar-refractivity contribution in [1.29, 1.82) is 0 Å². The summed E-state index contributed by atoms with van der Waals surface area (Å²) in [5.41, 5.74) is 1.24. The van der Waals surface area contributed by atoms with E-state index in [2.05, 4.69) is 23.7 Å². The van der Waals surface area contributed by atoms with Crippen molar-refractivity contribution in [2.75, 3.05) is 18.0 Å². The molecule has 0 aromatic carbocycles. The van der Waals surface area contributed by atoms with Gasteiger partial charge in [0.15, 0.2) is 0 Å². The molecule has 0 amide bonds. The van der Waals surface area contributed by atoms with Crippen LogP contribution in [0.2, 0.25) is 0 Å². The van der Waals surface area contributed by atoms with Gasteiger partial charge in [0, 0.05) is 31.2 Å². The van der Waals surface area contributed by atoms with E-state index in [0.717, 1.165) is 13.1 Å². The van der Waals surface area contributed by atoms with Crippen LogP contribution in [0, 0.1) is 0 Å². The van der Waals surface area contributed by atoms with Gasteiger partial charge in [0.05, 0.1) is 12.2 Å². The highest BCUT2D eigenvalue weighted by molar-refractivity contribution is 5.45. The third kappa shape index (κ3) is 2.04. The molecule has 0 aliphatic carbocycles. The molecule has 1 saturated heterocycles. The summed E-state index contributed by atoms with van der Waals surface area (Å²) in [4.78, 5) is 6.37. The molecule has 3 heteroatoms. The van der Waals surface area contributed by atoms with Crippen LogP contribution in [0.5, 0.6) is 0 Å². The number of anilines is 1. The van der Waals surface area contributed by atoms with Gasteiger partial charge in [0.25, 0.3) is 0 Å². The zero-order valence-corrected chi connectivity index (χ0v) is 8.68. The largest absolute Gasteiger partial charge is 0.372 e. The molecule has 0 unspecified atom stereocenters. The van der Waals surface area contributed by atoms with Crippen LogP contribution in [0.4, 0.5) is 5.69 Å². The van der Waals surface area contributed by atoms with Gasteiger partial charge in [-0.25, -0.2) is 0 Å². The lowest BCUT2D eigenvalue weighted by Gasteiger charge is -2.36. The highest BCUT2D eigenvalue weighted by atomic mass is 16.5. The molecule has 0 radical (unpaired) electrons. The summed E-state index contributed by atoms with van der Waals surface area (Å²) < 4.78 is 5.68. The predicted octanol–water partition coefficient (Wildman–Crippen LogP) is 1.70. The fourth-order valence-corrected chi connectivity index (χ4v) is 1.94. The molecule has 1 fully saturated rings. The fourth-order valence-electron chi connectivity index (χ4n) is 1.94. The SMILES string of the molecule is C[C@H]1CN(c2ccncc2)C[C@H](C)O1. The molecule has 0 spiro atoms. The van der Waals surface area contributed by atoms with Crippen molar-refractivity contribution in [3.8, 4) is 0 Å². The summed E-state index contributed by atoms with van der Waals surface area (Å²) in [6.45, 7) is 6.16. The minimum atomic E-state index is 0.312. The second-order valence-corrected chi connectivity index (χ2v) is 3.87. The van der Waals surface area contributed by atoms with Crippen molar-refractivity contribution < 1.29 is 4.74 Å². The molecule has 0 N–H and O–H groups in total. The van der Waals surface area contributed by atoms with Crippen molar-refractivity contribution in [2.45, 2.75) is 26.1 Å². The number of ether oxygens (including phenoxy) is 1. The van der Waals surface area contributed by atoms with E-state index in [1.54, 1.807) is 0 Å². The van der Waals surface area contributed by atoms with Gasteiger partial charge < -0.3 is 9.64 Å². The second kappa shape index (κ2) is 3.96. The average molecular weight is 192 g/mol. The molecule has 2 atom stereocenters. The van der Waals surface area contributed by atoms with Gasteiger partial charge in [-0.1, -0.05) is 0 Å². The molecule has 2 heterocycles. The molecule has 0 bridgehead atoms. The van der Waals surface area contributed by atoms with Crippen LogP contribution in [-0.2, 0) is 4.74 Å². The summed E-state index contributed by atoms with van der Waals surface area (Å²) in [5, 5.41) is 0. The molecule has 2 rings (SSSR count). The van der Waals surface area contributed by atoms with Crippen molar-refractivity contribution in [3.63, 3.8) is 0 Å². The zero-order valence-electron chi connectivity index (χ0n) is 8.68. The van der Waals surface area contributed by atoms with Gasteiger partial charge >= 0.3 is 0 Å². The third-order valence-electron chi connectivity index (χ3n) is 2.45. The highest BCUT2D eigenvalue weighted by Gasteiger charge is 2.21. The average Bonchev–Trinajstić information content (AvgIpc) is 2.18. The summed E-state index contributed by atoms with van der Waals surface area (Å²) in [6.07, 6.45) is 4.29. The van der Waals surface area contributed by atoms with Crippen LogP contribution >= 0.6 is 0 Å². The Morgan fingerprint density at radius 1 is 1.21 bits per heavy atom. The smallest absolute Gasteiger partial charge is 0.0726 e. The molecular weight excluding hydrogens is 176 g/mol. The number of pyridine rings is 1. The van der Waals surface area contributed by atoms with Crippen LogP contribution in [0.3, 0.4) is 0 Å². The Hall–Kier alpha value is -1.09. The van der Waals surface area contributed by atoms with E-state index in [1.165, 1.54) is 5.69 Å². The highest BCUT2D eigenvalue weighted by Crippen LogP contribution is 2.18. The third-order valence-corrected chi connectivity index (χ3v) is 2.45. The first-order valence-corrected chi connectivity index (χ1v) is 5.06. The van der Waals surface area contributed by atoms with E-state index in [-0.39, 0.29) is 0 Å². The number of nitrogens with zero attached hydrogens (tertiary/aromatic N) is 2.